The molecule has 1 aromatic carbocycles. The number of H-pyrrole nitrogens is 1. The summed E-state index contributed by atoms with van der Waals surface area (Å²) in [6.07, 6.45) is 1.74. The molecule has 5 heteroatoms. The van der Waals surface area contributed by atoms with Crippen molar-refractivity contribution in [2.24, 2.45) is 0 Å². The Morgan fingerprint density at radius 1 is 1.32 bits per heavy atom. The monoisotopic (exact) mass is 315 g/mol. The van der Waals surface area contributed by atoms with Crippen molar-refractivity contribution in [3.8, 4) is 5.75 Å². The molecule has 0 aliphatic carbocycles. The number of hydrogen-bond acceptors (Lipinski definition) is 3. The third-order valence-electron chi connectivity index (χ3n) is 3.69. The molecule has 0 aliphatic heterocycles. The molecule has 0 unspecified atom stereocenters. The van der Waals surface area contributed by atoms with Crippen LogP contribution in [-0.2, 0) is 6.61 Å². The summed E-state index contributed by atoms with van der Waals surface area (Å²) in [6.45, 7) is 6.63. The minimum Gasteiger partial charge on any atom is -0.487 e. The van der Waals surface area contributed by atoms with Crippen LogP contribution >= 0.6 is 11.6 Å². The molecule has 114 valence electrons. The lowest BCUT2D eigenvalue weighted by atomic mass is 10.0. The van der Waals surface area contributed by atoms with Crippen LogP contribution in [0, 0.1) is 6.92 Å². The number of nitrogens with zero attached hydrogens (tertiary/aromatic N) is 2. The van der Waals surface area contributed by atoms with E-state index in [1.165, 1.54) is 0 Å². The minimum absolute atomic E-state index is 0.339. The SMILES string of the molecule is Cc1cc(OCc2n[nH]c3ncccc23)c(C(C)C)cc1Cl. The Hall–Kier alpha value is -2.07. The number of benzene rings is 1. The van der Waals surface area contributed by atoms with Crippen molar-refractivity contribution in [2.75, 3.05) is 0 Å². The summed E-state index contributed by atoms with van der Waals surface area (Å²) in [5.74, 6) is 1.20. The molecular formula is C17H18ClN3O. The van der Waals surface area contributed by atoms with Crippen molar-refractivity contribution in [3.63, 3.8) is 0 Å². The third-order valence-corrected chi connectivity index (χ3v) is 4.10. The van der Waals surface area contributed by atoms with Gasteiger partial charge in [0.1, 0.15) is 18.1 Å². The zero-order chi connectivity index (χ0) is 15.7. The lowest BCUT2D eigenvalue weighted by Crippen LogP contribution is -2.01. The second kappa shape index (κ2) is 5.97. The van der Waals surface area contributed by atoms with Gasteiger partial charge < -0.3 is 4.74 Å². The van der Waals surface area contributed by atoms with Crippen molar-refractivity contribution in [3.05, 3.63) is 52.3 Å². The number of pyridine rings is 1. The van der Waals surface area contributed by atoms with Crippen LogP contribution < -0.4 is 4.74 Å². The van der Waals surface area contributed by atoms with Crippen molar-refractivity contribution in [1.82, 2.24) is 15.2 Å². The Morgan fingerprint density at radius 2 is 2.14 bits per heavy atom. The molecule has 22 heavy (non-hydrogen) atoms. The first-order chi connectivity index (χ1) is 10.6. The summed E-state index contributed by atoms with van der Waals surface area (Å²) in [7, 11) is 0. The predicted octanol–water partition coefficient (Wildman–Crippen LogP) is 4.62. The van der Waals surface area contributed by atoms with Gasteiger partial charge in [-0.2, -0.15) is 5.10 Å². The van der Waals surface area contributed by atoms with E-state index in [0.717, 1.165) is 38.6 Å². The van der Waals surface area contributed by atoms with Gasteiger partial charge in [-0.15, -0.1) is 0 Å². The molecule has 0 saturated heterocycles. The fourth-order valence-corrected chi connectivity index (χ4v) is 2.58. The normalized spacial score (nSPS) is 11.3. The van der Waals surface area contributed by atoms with Gasteiger partial charge in [-0.25, -0.2) is 4.98 Å². The van der Waals surface area contributed by atoms with E-state index in [-0.39, 0.29) is 0 Å². The molecule has 2 aromatic heterocycles. The number of nitrogens with one attached hydrogen (secondary N) is 1. The Kier molecular flexibility index (Phi) is 4.03. The van der Waals surface area contributed by atoms with Gasteiger partial charge in [0.2, 0.25) is 0 Å². The highest BCUT2D eigenvalue weighted by Crippen LogP contribution is 2.32. The maximum atomic E-state index is 6.23. The lowest BCUT2D eigenvalue weighted by Gasteiger charge is -2.15. The second-order valence-corrected chi connectivity index (χ2v) is 6.06. The highest BCUT2D eigenvalue weighted by molar-refractivity contribution is 6.31. The molecule has 2 heterocycles. The number of rotatable bonds is 4. The molecule has 1 N–H and O–H groups in total. The Labute approximate surface area is 134 Å². The molecule has 0 fully saturated rings. The first kappa shape index (κ1) is 14.9. The predicted molar refractivity (Wildman–Crippen MR) is 88.5 cm³/mol. The molecule has 0 bridgehead atoms. The Bertz CT molecular complexity index is 811. The first-order valence-electron chi connectivity index (χ1n) is 7.27. The average Bonchev–Trinajstić information content (AvgIpc) is 2.91. The fraction of sp³-hybridized carbons (Fsp3) is 0.294. The second-order valence-electron chi connectivity index (χ2n) is 5.65. The molecule has 0 amide bonds. The molecule has 0 atom stereocenters. The van der Waals surface area contributed by atoms with E-state index in [9.17, 15) is 0 Å². The maximum Gasteiger partial charge on any atom is 0.155 e. The van der Waals surface area contributed by atoms with Gasteiger partial charge in [0.05, 0.1) is 0 Å². The minimum atomic E-state index is 0.339. The molecular weight excluding hydrogens is 298 g/mol. The highest BCUT2D eigenvalue weighted by atomic mass is 35.5. The molecule has 0 aliphatic rings. The van der Waals surface area contributed by atoms with Crippen molar-refractivity contribution in [1.29, 1.82) is 0 Å². The standard InChI is InChI=1S/C17H18ClN3O/c1-10(2)13-8-14(18)11(3)7-16(13)22-9-15-12-5-4-6-19-17(12)21-20-15/h4-8,10H,9H2,1-3H3,(H,19,20,21). The van der Waals surface area contributed by atoms with Crippen molar-refractivity contribution in [2.45, 2.75) is 33.3 Å². The number of aryl methyl sites for hydroxylation is 1. The van der Waals surface area contributed by atoms with Crippen LogP contribution in [0.1, 0.15) is 36.6 Å². The number of ether oxygens (including phenoxy) is 1. The van der Waals surface area contributed by atoms with Gasteiger partial charge in [0.25, 0.3) is 0 Å². The van der Waals surface area contributed by atoms with E-state index in [4.69, 9.17) is 16.3 Å². The average molecular weight is 316 g/mol. The topological polar surface area (TPSA) is 50.8 Å². The summed E-state index contributed by atoms with van der Waals surface area (Å²) in [6, 6.07) is 7.86. The van der Waals surface area contributed by atoms with E-state index in [1.807, 2.05) is 31.2 Å². The summed E-state index contributed by atoms with van der Waals surface area (Å²) in [5, 5.41) is 8.96. The van der Waals surface area contributed by atoms with E-state index in [0.29, 0.717) is 12.5 Å². The highest BCUT2D eigenvalue weighted by Gasteiger charge is 2.13. The zero-order valence-electron chi connectivity index (χ0n) is 12.9. The molecule has 4 nitrogen and oxygen atoms in total. The van der Waals surface area contributed by atoms with Crippen LogP contribution in [0.3, 0.4) is 0 Å². The molecule has 0 radical (unpaired) electrons. The van der Waals surface area contributed by atoms with Gasteiger partial charge in [0, 0.05) is 16.6 Å². The number of aromatic amines is 1. The van der Waals surface area contributed by atoms with Crippen LogP contribution in [-0.4, -0.2) is 15.2 Å². The summed E-state index contributed by atoms with van der Waals surface area (Å²) >= 11 is 6.23. The smallest absolute Gasteiger partial charge is 0.155 e. The van der Waals surface area contributed by atoms with Crippen LogP contribution in [0.2, 0.25) is 5.02 Å². The summed E-state index contributed by atoms with van der Waals surface area (Å²) in [4.78, 5) is 4.24. The molecule has 3 aromatic rings. The van der Waals surface area contributed by atoms with Gasteiger partial charge in [-0.1, -0.05) is 25.4 Å². The van der Waals surface area contributed by atoms with Crippen LogP contribution in [0.4, 0.5) is 0 Å². The van der Waals surface area contributed by atoms with Crippen LogP contribution in [0.15, 0.2) is 30.5 Å². The summed E-state index contributed by atoms with van der Waals surface area (Å²) in [5.41, 5.74) is 3.74. The Balaban J connectivity index is 1.89. The Morgan fingerprint density at radius 3 is 2.91 bits per heavy atom. The maximum absolute atomic E-state index is 6.23. The molecule has 0 saturated carbocycles. The number of aromatic nitrogens is 3. The largest absolute Gasteiger partial charge is 0.487 e. The number of hydrogen-bond donors (Lipinski definition) is 1. The van der Waals surface area contributed by atoms with Crippen LogP contribution in [0.25, 0.3) is 11.0 Å². The van der Waals surface area contributed by atoms with E-state index in [2.05, 4.69) is 29.0 Å². The number of halogens is 1. The number of fused-ring (bicyclic) bond motifs is 1. The van der Waals surface area contributed by atoms with E-state index >= 15 is 0 Å². The van der Waals surface area contributed by atoms with Crippen LogP contribution in [0.5, 0.6) is 5.75 Å². The van der Waals surface area contributed by atoms with E-state index in [1.54, 1.807) is 6.20 Å². The fourth-order valence-electron chi connectivity index (χ4n) is 2.41. The summed E-state index contributed by atoms with van der Waals surface area (Å²) < 4.78 is 6.02. The van der Waals surface area contributed by atoms with Gasteiger partial charge in [0.15, 0.2) is 5.65 Å². The third kappa shape index (κ3) is 2.79. The van der Waals surface area contributed by atoms with Gasteiger partial charge in [-0.05, 0) is 48.2 Å². The quantitative estimate of drug-likeness (QED) is 0.764. The molecule has 0 spiro atoms. The van der Waals surface area contributed by atoms with Crippen molar-refractivity contribution >= 4 is 22.6 Å². The molecule has 3 rings (SSSR count). The van der Waals surface area contributed by atoms with Crippen molar-refractivity contribution < 1.29 is 4.74 Å². The van der Waals surface area contributed by atoms with Gasteiger partial charge in [-0.3, -0.25) is 5.10 Å². The lowest BCUT2D eigenvalue weighted by molar-refractivity contribution is 0.298. The van der Waals surface area contributed by atoms with E-state index < -0.39 is 0 Å². The van der Waals surface area contributed by atoms with Gasteiger partial charge >= 0.3 is 0 Å². The first-order valence-corrected chi connectivity index (χ1v) is 7.65. The zero-order valence-corrected chi connectivity index (χ0v) is 13.6.